The van der Waals surface area contributed by atoms with Crippen molar-refractivity contribution in [1.82, 2.24) is 4.90 Å². The summed E-state index contributed by atoms with van der Waals surface area (Å²) in [5.41, 5.74) is 0.580. The van der Waals surface area contributed by atoms with E-state index < -0.39 is 5.97 Å². The molecule has 0 bridgehead atoms. The van der Waals surface area contributed by atoms with Gasteiger partial charge in [-0.15, -0.1) is 0 Å². The van der Waals surface area contributed by atoms with Crippen LogP contribution in [0.2, 0.25) is 5.02 Å². The largest absolute Gasteiger partial charge is 0.490 e. The molecule has 0 saturated carbocycles. The minimum atomic E-state index is -0.554. The molecular weight excluding hydrogens is 394 g/mol. The molecule has 1 heterocycles. The molecule has 7 nitrogen and oxygen atoms in total. The van der Waals surface area contributed by atoms with Crippen molar-refractivity contribution < 1.29 is 28.6 Å². The molecule has 0 N–H and O–H groups in total. The molecule has 27 heavy (non-hydrogen) atoms. The number of halogens is 1. The molecule has 1 aromatic rings. The molecule has 1 saturated heterocycles. The molecule has 1 aliphatic heterocycles. The normalized spacial score (nSPS) is 15.4. The number of imide groups is 1. The van der Waals surface area contributed by atoms with Crippen molar-refractivity contribution in [2.24, 2.45) is 0 Å². The molecule has 0 spiro atoms. The average molecular weight is 414 g/mol. The van der Waals surface area contributed by atoms with E-state index in [0.29, 0.717) is 35.8 Å². The van der Waals surface area contributed by atoms with Crippen molar-refractivity contribution in [3.05, 3.63) is 27.6 Å². The maximum atomic E-state index is 12.4. The summed E-state index contributed by atoms with van der Waals surface area (Å²) < 4.78 is 15.5. The van der Waals surface area contributed by atoms with Crippen LogP contribution >= 0.6 is 23.4 Å². The van der Waals surface area contributed by atoms with Crippen molar-refractivity contribution in [1.29, 1.82) is 0 Å². The highest BCUT2D eigenvalue weighted by molar-refractivity contribution is 8.18. The molecule has 0 radical (unpaired) electrons. The lowest BCUT2D eigenvalue weighted by molar-refractivity contribution is -0.142. The SMILES string of the molecule is CCCN1C(=O)S/C(=C/c2cc(Cl)c(OCC(=O)OC)c(OCC)c2)C1=O. The Hall–Kier alpha value is -2.19. The molecule has 0 aliphatic carbocycles. The Balaban J connectivity index is 2.31. The predicted molar refractivity (Wildman–Crippen MR) is 103 cm³/mol. The van der Waals surface area contributed by atoms with Crippen LogP contribution in [0.4, 0.5) is 4.79 Å². The lowest BCUT2D eigenvalue weighted by Gasteiger charge is -2.14. The Morgan fingerprint density at radius 3 is 2.63 bits per heavy atom. The van der Waals surface area contributed by atoms with E-state index in [1.54, 1.807) is 25.1 Å². The molecule has 2 amide bonds. The Labute approximate surface area is 166 Å². The highest BCUT2D eigenvalue weighted by Crippen LogP contribution is 2.39. The van der Waals surface area contributed by atoms with Gasteiger partial charge in [-0.25, -0.2) is 4.79 Å². The molecule has 0 unspecified atom stereocenters. The van der Waals surface area contributed by atoms with Gasteiger partial charge in [-0.3, -0.25) is 14.5 Å². The lowest BCUT2D eigenvalue weighted by atomic mass is 10.1. The van der Waals surface area contributed by atoms with Crippen molar-refractivity contribution in [2.45, 2.75) is 20.3 Å². The van der Waals surface area contributed by atoms with Gasteiger partial charge in [-0.05, 0) is 48.9 Å². The number of rotatable bonds is 8. The second kappa shape index (κ2) is 9.66. The van der Waals surface area contributed by atoms with Gasteiger partial charge in [0.15, 0.2) is 18.1 Å². The van der Waals surface area contributed by atoms with Gasteiger partial charge in [0.05, 0.1) is 23.6 Å². The van der Waals surface area contributed by atoms with Crippen molar-refractivity contribution in [3.63, 3.8) is 0 Å². The summed E-state index contributed by atoms with van der Waals surface area (Å²) in [5, 5.41) is -0.0776. The summed E-state index contributed by atoms with van der Waals surface area (Å²) in [6, 6.07) is 3.21. The van der Waals surface area contributed by atoms with Gasteiger partial charge in [-0.2, -0.15) is 0 Å². The molecule has 1 fully saturated rings. The van der Waals surface area contributed by atoms with E-state index in [2.05, 4.69) is 4.74 Å². The Morgan fingerprint density at radius 1 is 1.26 bits per heavy atom. The van der Waals surface area contributed by atoms with E-state index in [1.165, 1.54) is 12.0 Å². The first-order chi connectivity index (χ1) is 12.9. The maximum Gasteiger partial charge on any atom is 0.343 e. The fourth-order valence-corrected chi connectivity index (χ4v) is 3.47. The fourth-order valence-electron chi connectivity index (χ4n) is 2.33. The second-order valence-electron chi connectivity index (χ2n) is 5.46. The number of carbonyl (C=O) groups excluding carboxylic acids is 3. The summed E-state index contributed by atoms with van der Waals surface area (Å²) in [6.07, 6.45) is 2.27. The number of hydrogen-bond donors (Lipinski definition) is 0. The third-order valence-electron chi connectivity index (χ3n) is 3.51. The van der Waals surface area contributed by atoms with E-state index in [-0.39, 0.29) is 28.5 Å². The molecule has 9 heteroatoms. The number of hydrogen-bond acceptors (Lipinski definition) is 7. The number of thioether (sulfide) groups is 1. The Bertz CT molecular complexity index is 779. The Morgan fingerprint density at radius 2 is 2.00 bits per heavy atom. The summed E-state index contributed by atoms with van der Waals surface area (Å²) in [7, 11) is 1.26. The minimum Gasteiger partial charge on any atom is -0.490 e. The molecule has 0 atom stereocenters. The van der Waals surface area contributed by atoms with Crippen LogP contribution in [-0.4, -0.2) is 48.9 Å². The van der Waals surface area contributed by atoms with E-state index in [0.717, 1.165) is 11.8 Å². The maximum absolute atomic E-state index is 12.4. The van der Waals surface area contributed by atoms with Crippen LogP contribution < -0.4 is 9.47 Å². The molecular formula is C18H20ClNO6S. The van der Waals surface area contributed by atoms with E-state index in [9.17, 15) is 14.4 Å². The summed E-state index contributed by atoms with van der Waals surface area (Å²) in [4.78, 5) is 37.1. The highest BCUT2D eigenvalue weighted by Gasteiger charge is 2.34. The van der Waals surface area contributed by atoms with Crippen LogP contribution in [0.5, 0.6) is 11.5 Å². The summed E-state index contributed by atoms with van der Waals surface area (Å²) in [6.45, 7) is 4.11. The van der Waals surface area contributed by atoms with E-state index >= 15 is 0 Å². The fraction of sp³-hybridized carbons (Fsp3) is 0.389. The van der Waals surface area contributed by atoms with Gasteiger partial charge >= 0.3 is 5.97 Å². The van der Waals surface area contributed by atoms with E-state index in [4.69, 9.17) is 21.1 Å². The number of methoxy groups -OCH3 is 1. The second-order valence-corrected chi connectivity index (χ2v) is 6.86. The number of esters is 1. The van der Waals surface area contributed by atoms with Gasteiger partial charge in [0.1, 0.15) is 0 Å². The van der Waals surface area contributed by atoms with Gasteiger partial charge in [0, 0.05) is 6.54 Å². The van der Waals surface area contributed by atoms with Crippen molar-refractivity contribution in [3.8, 4) is 11.5 Å². The zero-order chi connectivity index (χ0) is 20.0. The van der Waals surface area contributed by atoms with Crippen LogP contribution in [0.3, 0.4) is 0 Å². The van der Waals surface area contributed by atoms with Crippen LogP contribution in [-0.2, 0) is 14.3 Å². The van der Waals surface area contributed by atoms with Gasteiger partial charge < -0.3 is 14.2 Å². The predicted octanol–water partition coefficient (Wildman–Crippen LogP) is 3.74. The highest BCUT2D eigenvalue weighted by atomic mass is 35.5. The number of nitrogens with zero attached hydrogens (tertiary/aromatic N) is 1. The molecule has 1 aromatic carbocycles. The third-order valence-corrected chi connectivity index (χ3v) is 4.70. The smallest absolute Gasteiger partial charge is 0.343 e. The molecule has 2 rings (SSSR count). The van der Waals surface area contributed by atoms with Crippen molar-refractivity contribution in [2.75, 3.05) is 26.9 Å². The first-order valence-corrected chi connectivity index (χ1v) is 9.52. The van der Waals surface area contributed by atoms with E-state index in [1.807, 2.05) is 6.92 Å². The van der Waals surface area contributed by atoms with Crippen molar-refractivity contribution >= 4 is 46.6 Å². The number of benzene rings is 1. The zero-order valence-electron chi connectivity index (χ0n) is 15.2. The van der Waals surface area contributed by atoms with Crippen LogP contribution in [0, 0.1) is 0 Å². The van der Waals surface area contributed by atoms with Crippen LogP contribution in [0.25, 0.3) is 6.08 Å². The summed E-state index contributed by atoms with van der Waals surface area (Å²) in [5.74, 6) is -0.345. The summed E-state index contributed by atoms with van der Waals surface area (Å²) >= 11 is 7.16. The topological polar surface area (TPSA) is 82.1 Å². The molecule has 0 aromatic heterocycles. The minimum absolute atomic E-state index is 0.208. The third kappa shape index (κ3) is 5.17. The Kier molecular flexibility index (Phi) is 7.55. The van der Waals surface area contributed by atoms with Gasteiger partial charge in [0.2, 0.25) is 0 Å². The van der Waals surface area contributed by atoms with Crippen LogP contribution in [0.1, 0.15) is 25.8 Å². The molecule has 146 valence electrons. The number of amides is 2. The first kappa shape index (κ1) is 21.1. The average Bonchev–Trinajstić information content (AvgIpc) is 2.89. The standard InChI is InChI=1S/C18H20ClNO6S/c1-4-6-20-17(22)14(27-18(20)23)9-11-7-12(19)16(13(8-11)25-5-2)26-10-15(21)24-3/h7-9H,4-6,10H2,1-3H3/b14-9+. The lowest BCUT2D eigenvalue weighted by Crippen LogP contribution is -2.28. The zero-order valence-corrected chi connectivity index (χ0v) is 16.8. The monoisotopic (exact) mass is 413 g/mol. The molecule has 1 aliphatic rings. The van der Waals surface area contributed by atoms with Gasteiger partial charge in [0.25, 0.3) is 11.1 Å². The first-order valence-electron chi connectivity index (χ1n) is 8.32. The van der Waals surface area contributed by atoms with Crippen LogP contribution in [0.15, 0.2) is 17.0 Å². The number of carbonyl (C=O) groups is 3. The number of ether oxygens (including phenoxy) is 3. The quantitative estimate of drug-likeness (QED) is 0.474. The van der Waals surface area contributed by atoms with Gasteiger partial charge in [-0.1, -0.05) is 18.5 Å².